The summed E-state index contributed by atoms with van der Waals surface area (Å²) in [4.78, 5) is 5.64. The van der Waals surface area contributed by atoms with E-state index in [2.05, 4.69) is 27.1 Å². The fourth-order valence-corrected chi connectivity index (χ4v) is 3.24. The van der Waals surface area contributed by atoms with Gasteiger partial charge < -0.3 is 10.1 Å². The van der Waals surface area contributed by atoms with Gasteiger partial charge in [0.05, 0.1) is 5.69 Å². The fraction of sp³-hybridized carbons (Fsp3) is 0.0714. The van der Waals surface area contributed by atoms with Crippen LogP contribution in [0.25, 0.3) is 5.65 Å². The van der Waals surface area contributed by atoms with Gasteiger partial charge in [-0.1, -0.05) is 22.0 Å². The third kappa shape index (κ3) is 2.77. The normalized spacial score (nSPS) is 11.0. The smallest absolute Gasteiger partial charge is 0.137 e. The summed E-state index contributed by atoms with van der Waals surface area (Å²) in [5.74, 6) is 0.808. The van der Waals surface area contributed by atoms with Crippen molar-refractivity contribution in [1.29, 1.82) is 0 Å². The summed E-state index contributed by atoms with van der Waals surface area (Å²) < 4.78 is 3.07. The lowest BCUT2D eigenvalue weighted by Crippen LogP contribution is -1.89. The van der Waals surface area contributed by atoms with E-state index >= 15 is 0 Å². The van der Waals surface area contributed by atoms with E-state index in [1.54, 1.807) is 11.8 Å². The first-order valence-electron chi connectivity index (χ1n) is 5.83. The fourth-order valence-electron chi connectivity index (χ4n) is 1.84. The first-order valence-corrected chi connectivity index (χ1v) is 7.61. The molecule has 0 aliphatic carbocycles. The number of hydrogen-bond donors (Lipinski definition) is 1. The SMILES string of the molecule is Nc1ccc(Br)cc1SCc1cn2ccccc2n1. The van der Waals surface area contributed by atoms with Crippen LogP contribution in [0, 0.1) is 0 Å². The second-order valence-corrected chi connectivity index (χ2v) is 6.10. The van der Waals surface area contributed by atoms with E-state index in [0.717, 1.165) is 32.1 Å². The van der Waals surface area contributed by atoms with Crippen LogP contribution < -0.4 is 5.73 Å². The lowest BCUT2D eigenvalue weighted by Gasteiger charge is -2.04. The summed E-state index contributed by atoms with van der Waals surface area (Å²) in [6.07, 6.45) is 4.06. The predicted molar refractivity (Wildman–Crippen MR) is 83.3 cm³/mol. The molecule has 2 heterocycles. The second-order valence-electron chi connectivity index (χ2n) is 4.17. The van der Waals surface area contributed by atoms with Crippen LogP contribution >= 0.6 is 27.7 Å². The van der Waals surface area contributed by atoms with Crippen molar-refractivity contribution in [1.82, 2.24) is 9.38 Å². The lowest BCUT2D eigenvalue weighted by atomic mass is 10.3. The molecule has 0 amide bonds. The van der Waals surface area contributed by atoms with Crippen LogP contribution in [0.15, 0.2) is 58.2 Å². The maximum absolute atomic E-state index is 5.96. The maximum Gasteiger partial charge on any atom is 0.137 e. The van der Waals surface area contributed by atoms with E-state index in [4.69, 9.17) is 5.73 Å². The van der Waals surface area contributed by atoms with Crippen LogP contribution in [-0.4, -0.2) is 9.38 Å². The quantitative estimate of drug-likeness (QED) is 0.582. The summed E-state index contributed by atoms with van der Waals surface area (Å²) in [6, 6.07) is 11.9. The number of pyridine rings is 1. The largest absolute Gasteiger partial charge is 0.398 e. The number of halogens is 1. The molecule has 0 saturated carbocycles. The zero-order valence-corrected chi connectivity index (χ0v) is 12.5. The molecule has 3 aromatic rings. The molecule has 2 aromatic heterocycles. The third-order valence-electron chi connectivity index (χ3n) is 2.77. The Morgan fingerprint density at radius 3 is 3.00 bits per heavy atom. The minimum atomic E-state index is 0.803. The van der Waals surface area contributed by atoms with Gasteiger partial charge in [0.2, 0.25) is 0 Å². The second kappa shape index (κ2) is 5.27. The molecular formula is C14H12BrN3S. The van der Waals surface area contributed by atoms with Gasteiger partial charge in [-0.15, -0.1) is 11.8 Å². The van der Waals surface area contributed by atoms with Gasteiger partial charge in [-0.2, -0.15) is 0 Å². The number of anilines is 1. The number of rotatable bonds is 3. The first-order chi connectivity index (χ1) is 9.22. The molecule has 19 heavy (non-hydrogen) atoms. The van der Waals surface area contributed by atoms with Crippen LogP contribution in [0.5, 0.6) is 0 Å². The lowest BCUT2D eigenvalue weighted by molar-refractivity contribution is 1.18. The van der Waals surface area contributed by atoms with Gasteiger partial charge in [0, 0.05) is 33.2 Å². The van der Waals surface area contributed by atoms with Crippen LogP contribution in [-0.2, 0) is 5.75 Å². The molecule has 0 radical (unpaired) electrons. The highest BCUT2D eigenvalue weighted by Crippen LogP contribution is 2.30. The number of nitrogen functional groups attached to an aromatic ring is 1. The van der Waals surface area contributed by atoms with Gasteiger partial charge in [0.15, 0.2) is 0 Å². The molecule has 3 rings (SSSR count). The molecule has 3 nitrogen and oxygen atoms in total. The number of aromatic nitrogens is 2. The Hall–Kier alpha value is -1.46. The van der Waals surface area contributed by atoms with Crippen molar-refractivity contribution in [2.45, 2.75) is 10.6 Å². The standard InChI is InChI=1S/C14H12BrN3S/c15-10-4-5-12(16)13(7-10)19-9-11-8-18-6-2-1-3-14(18)17-11/h1-8H,9,16H2. The van der Waals surface area contributed by atoms with E-state index in [-0.39, 0.29) is 0 Å². The molecule has 1 aromatic carbocycles. The van der Waals surface area contributed by atoms with Gasteiger partial charge in [-0.25, -0.2) is 4.98 Å². The number of nitrogens with zero attached hydrogens (tertiary/aromatic N) is 2. The Kier molecular flexibility index (Phi) is 3.48. The topological polar surface area (TPSA) is 43.3 Å². The van der Waals surface area contributed by atoms with Gasteiger partial charge >= 0.3 is 0 Å². The Morgan fingerprint density at radius 1 is 1.26 bits per heavy atom. The van der Waals surface area contributed by atoms with Gasteiger partial charge in [0.25, 0.3) is 0 Å². The Bertz CT molecular complexity index is 691. The minimum Gasteiger partial charge on any atom is -0.398 e. The monoisotopic (exact) mass is 333 g/mol. The number of thioether (sulfide) groups is 1. The van der Waals surface area contributed by atoms with Crippen molar-refractivity contribution >= 4 is 39.0 Å². The van der Waals surface area contributed by atoms with Crippen LogP contribution in [0.3, 0.4) is 0 Å². The average Bonchev–Trinajstić information content (AvgIpc) is 2.82. The molecule has 0 fully saturated rings. The number of nitrogens with two attached hydrogens (primary N) is 1. The highest BCUT2D eigenvalue weighted by Gasteiger charge is 2.05. The molecule has 0 aliphatic rings. The molecule has 2 N–H and O–H groups in total. The number of imidazole rings is 1. The summed E-state index contributed by atoms with van der Waals surface area (Å²) in [5, 5.41) is 0. The predicted octanol–water partition coefficient (Wildman–Crippen LogP) is 3.97. The zero-order valence-electron chi connectivity index (χ0n) is 10.1. The average molecular weight is 334 g/mol. The third-order valence-corrected chi connectivity index (χ3v) is 4.36. The van der Waals surface area contributed by atoms with E-state index in [1.165, 1.54) is 0 Å². The Labute approximate surface area is 124 Å². The molecule has 0 unspecified atom stereocenters. The Morgan fingerprint density at radius 2 is 2.16 bits per heavy atom. The molecule has 0 atom stereocenters. The number of fused-ring (bicyclic) bond motifs is 1. The van der Waals surface area contributed by atoms with Gasteiger partial charge in [0.1, 0.15) is 5.65 Å². The van der Waals surface area contributed by atoms with Crippen LogP contribution in [0.4, 0.5) is 5.69 Å². The zero-order chi connectivity index (χ0) is 13.2. The molecule has 0 aliphatic heterocycles. The van der Waals surface area contributed by atoms with Crippen molar-refractivity contribution in [2.24, 2.45) is 0 Å². The summed E-state index contributed by atoms with van der Waals surface area (Å²) in [5.41, 5.74) is 8.79. The molecular weight excluding hydrogens is 322 g/mol. The summed E-state index contributed by atoms with van der Waals surface area (Å²) in [7, 11) is 0. The maximum atomic E-state index is 5.96. The first kappa shape index (κ1) is 12.6. The molecule has 0 bridgehead atoms. The Balaban J connectivity index is 1.80. The molecule has 0 spiro atoms. The van der Waals surface area contributed by atoms with Crippen molar-refractivity contribution in [3.63, 3.8) is 0 Å². The van der Waals surface area contributed by atoms with E-state index < -0.39 is 0 Å². The van der Waals surface area contributed by atoms with Gasteiger partial charge in [-0.05, 0) is 30.3 Å². The van der Waals surface area contributed by atoms with E-state index in [1.807, 2.05) is 47.0 Å². The number of benzene rings is 1. The van der Waals surface area contributed by atoms with Crippen LogP contribution in [0.2, 0.25) is 0 Å². The highest BCUT2D eigenvalue weighted by atomic mass is 79.9. The molecule has 0 saturated heterocycles. The number of hydrogen-bond acceptors (Lipinski definition) is 3. The van der Waals surface area contributed by atoms with Gasteiger partial charge in [-0.3, -0.25) is 0 Å². The van der Waals surface area contributed by atoms with E-state index in [0.29, 0.717) is 0 Å². The highest BCUT2D eigenvalue weighted by molar-refractivity contribution is 9.10. The van der Waals surface area contributed by atoms with Crippen molar-refractivity contribution in [3.8, 4) is 0 Å². The van der Waals surface area contributed by atoms with Crippen molar-refractivity contribution in [3.05, 3.63) is 59.0 Å². The summed E-state index contributed by atoms with van der Waals surface area (Å²) in [6.45, 7) is 0. The van der Waals surface area contributed by atoms with Crippen molar-refractivity contribution < 1.29 is 0 Å². The van der Waals surface area contributed by atoms with Crippen LogP contribution in [0.1, 0.15) is 5.69 Å². The summed E-state index contributed by atoms with van der Waals surface area (Å²) >= 11 is 5.16. The molecule has 5 heteroatoms. The molecule has 96 valence electrons. The minimum absolute atomic E-state index is 0.803. The van der Waals surface area contributed by atoms with E-state index in [9.17, 15) is 0 Å². The van der Waals surface area contributed by atoms with Crippen molar-refractivity contribution in [2.75, 3.05) is 5.73 Å².